The van der Waals surface area contributed by atoms with Gasteiger partial charge in [-0.1, -0.05) is 12.1 Å². The monoisotopic (exact) mass is 221 g/mol. The van der Waals surface area contributed by atoms with Crippen molar-refractivity contribution in [1.29, 1.82) is 0 Å². The van der Waals surface area contributed by atoms with Crippen LogP contribution in [-0.2, 0) is 12.0 Å². The molecule has 1 aromatic rings. The summed E-state index contributed by atoms with van der Waals surface area (Å²) in [5.41, 5.74) is 1.54. The Morgan fingerprint density at radius 3 is 3.00 bits per heavy atom. The molecule has 0 saturated heterocycles. The van der Waals surface area contributed by atoms with E-state index in [9.17, 15) is 5.11 Å². The molecule has 1 aliphatic rings. The number of aliphatic hydroxyl groups is 1. The summed E-state index contributed by atoms with van der Waals surface area (Å²) in [6.45, 7) is 0.827. The molecule has 0 amide bonds. The molecule has 0 fully saturated rings. The fourth-order valence-corrected chi connectivity index (χ4v) is 2.51. The highest BCUT2D eigenvalue weighted by Gasteiger charge is 2.37. The van der Waals surface area contributed by atoms with Crippen LogP contribution in [0.1, 0.15) is 24.0 Å². The van der Waals surface area contributed by atoms with Gasteiger partial charge in [-0.3, -0.25) is 0 Å². The Morgan fingerprint density at radius 2 is 2.31 bits per heavy atom. The van der Waals surface area contributed by atoms with E-state index in [1.165, 1.54) is 5.56 Å². The molecule has 2 rings (SSSR count). The standard InChI is InChI=1S/C13H19NO2/c1-14-9-8-13(15)7-6-10-11(13)4-3-5-12(10)16-2/h3-5,14-15H,6-9H2,1-2H3. The summed E-state index contributed by atoms with van der Waals surface area (Å²) < 4.78 is 5.33. The van der Waals surface area contributed by atoms with E-state index in [0.29, 0.717) is 0 Å². The zero-order chi connectivity index (χ0) is 11.6. The van der Waals surface area contributed by atoms with Crippen LogP contribution in [0.2, 0.25) is 0 Å². The molecule has 2 N–H and O–H groups in total. The quantitative estimate of drug-likeness (QED) is 0.808. The summed E-state index contributed by atoms with van der Waals surface area (Å²) in [7, 11) is 3.59. The van der Waals surface area contributed by atoms with Gasteiger partial charge in [-0.2, -0.15) is 0 Å². The van der Waals surface area contributed by atoms with Gasteiger partial charge in [0, 0.05) is 5.56 Å². The number of nitrogens with one attached hydrogen (secondary N) is 1. The number of ether oxygens (including phenoxy) is 1. The van der Waals surface area contributed by atoms with Crippen molar-refractivity contribution in [2.24, 2.45) is 0 Å². The summed E-state index contributed by atoms with van der Waals surface area (Å²) in [6.07, 6.45) is 2.45. The topological polar surface area (TPSA) is 41.5 Å². The van der Waals surface area contributed by atoms with Crippen LogP contribution in [0.15, 0.2) is 18.2 Å². The lowest BCUT2D eigenvalue weighted by molar-refractivity contribution is 0.0303. The third kappa shape index (κ3) is 1.81. The molecule has 0 aliphatic heterocycles. The molecule has 1 unspecified atom stereocenters. The predicted molar refractivity (Wildman–Crippen MR) is 63.8 cm³/mol. The van der Waals surface area contributed by atoms with Gasteiger partial charge in [0.25, 0.3) is 0 Å². The maximum atomic E-state index is 10.6. The van der Waals surface area contributed by atoms with Crippen LogP contribution >= 0.6 is 0 Å². The molecule has 88 valence electrons. The molecule has 3 heteroatoms. The van der Waals surface area contributed by atoms with E-state index in [2.05, 4.69) is 5.32 Å². The van der Waals surface area contributed by atoms with Gasteiger partial charge in [0.05, 0.1) is 12.7 Å². The van der Waals surface area contributed by atoms with Crippen molar-refractivity contribution in [3.05, 3.63) is 29.3 Å². The lowest BCUT2D eigenvalue weighted by atomic mass is 9.92. The van der Waals surface area contributed by atoms with Gasteiger partial charge < -0.3 is 15.2 Å². The van der Waals surface area contributed by atoms with Crippen molar-refractivity contribution < 1.29 is 9.84 Å². The largest absolute Gasteiger partial charge is 0.496 e. The fraction of sp³-hybridized carbons (Fsp3) is 0.538. The molecular formula is C13H19NO2. The van der Waals surface area contributed by atoms with Gasteiger partial charge in [0.2, 0.25) is 0 Å². The maximum absolute atomic E-state index is 10.6. The number of hydrogen-bond donors (Lipinski definition) is 2. The number of rotatable bonds is 4. The zero-order valence-corrected chi connectivity index (χ0v) is 9.92. The summed E-state index contributed by atoms with van der Waals surface area (Å²) in [4.78, 5) is 0. The first kappa shape index (κ1) is 11.4. The average Bonchev–Trinajstić information content (AvgIpc) is 2.65. The Hall–Kier alpha value is -1.06. The van der Waals surface area contributed by atoms with E-state index in [1.807, 2.05) is 25.2 Å². The van der Waals surface area contributed by atoms with Crippen molar-refractivity contribution in [1.82, 2.24) is 5.32 Å². The van der Waals surface area contributed by atoms with Crippen molar-refractivity contribution >= 4 is 0 Å². The molecule has 16 heavy (non-hydrogen) atoms. The van der Waals surface area contributed by atoms with E-state index >= 15 is 0 Å². The van der Waals surface area contributed by atoms with Crippen LogP contribution in [-0.4, -0.2) is 25.8 Å². The Kier molecular flexibility index (Phi) is 3.17. The molecule has 1 atom stereocenters. The third-order valence-corrected chi connectivity index (χ3v) is 3.43. The summed E-state index contributed by atoms with van der Waals surface area (Å²) in [5.74, 6) is 0.901. The number of hydrogen-bond acceptors (Lipinski definition) is 3. The zero-order valence-electron chi connectivity index (χ0n) is 9.92. The van der Waals surface area contributed by atoms with Gasteiger partial charge in [-0.15, -0.1) is 0 Å². The minimum atomic E-state index is -0.674. The molecule has 1 aromatic carbocycles. The Labute approximate surface area is 96.4 Å². The normalized spacial score (nSPS) is 23.2. The second-order valence-corrected chi connectivity index (χ2v) is 4.37. The summed E-state index contributed by atoms with van der Waals surface area (Å²) in [6, 6.07) is 5.93. The van der Waals surface area contributed by atoms with E-state index in [4.69, 9.17) is 4.74 Å². The first-order chi connectivity index (χ1) is 7.71. The minimum absolute atomic E-state index is 0.674. The van der Waals surface area contributed by atoms with E-state index in [-0.39, 0.29) is 0 Å². The third-order valence-electron chi connectivity index (χ3n) is 3.43. The highest BCUT2D eigenvalue weighted by atomic mass is 16.5. The molecule has 0 heterocycles. The Morgan fingerprint density at radius 1 is 1.50 bits per heavy atom. The predicted octanol–water partition coefficient (Wildman–Crippen LogP) is 1.44. The molecule has 1 aliphatic carbocycles. The second-order valence-electron chi connectivity index (χ2n) is 4.37. The number of benzene rings is 1. The van der Waals surface area contributed by atoms with Gasteiger partial charge in [0.15, 0.2) is 0 Å². The van der Waals surface area contributed by atoms with Crippen LogP contribution in [0.3, 0.4) is 0 Å². The van der Waals surface area contributed by atoms with Crippen molar-refractivity contribution in [2.75, 3.05) is 20.7 Å². The van der Waals surface area contributed by atoms with Crippen LogP contribution in [0.25, 0.3) is 0 Å². The van der Waals surface area contributed by atoms with Crippen molar-refractivity contribution in [2.45, 2.75) is 24.9 Å². The average molecular weight is 221 g/mol. The minimum Gasteiger partial charge on any atom is -0.496 e. The van der Waals surface area contributed by atoms with Gasteiger partial charge in [-0.05, 0) is 44.5 Å². The smallest absolute Gasteiger partial charge is 0.122 e. The molecule has 0 bridgehead atoms. The van der Waals surface area contributed by atoms with Crippen molar-refractivity contribution in [3.8, 4) is 5.75 Å². The number of methoxy groups -OCH3 is 1. The van der Waals surface area contributed by atoms with Crippen LogP contribution < -0.4 is 10.1 Å². The highest BCUT2D eigenvalue weighted by molar-refractivity contribution is 5.46. The lowest BCUT2D eigenvalue weighted by Gasteiger charge is -2.24. The van der Waals surface area contributed by atoms with Crippen molar-refractivity contribution in [3.63, 3.8) is 0 Å². The molecule has 0 aromatic heterocycles. The van der Waals surface area contributed by atoms with Gasteiger partial charge >= 0.3 is 0 Å². The maximum Gasteiger partial charge on any atom is 0.122 e. The van der Waals surface area contributed by atoms with Crippen LogP contribution in [0.5, 0.6) is 5.75 Å². The Bertz CT molecular complexity index is 378. The SMILES string of the molecule is CNCCC1(O)CCc2c(OC)cccc21. The second kappa shape index (κ2) is 4.44. The number of fused-ring (bicyclic) bond motifs is 1. The first-order valence-corrected chi connectivity index (χ1v) is 5.74. The summed E-state index contributed by atoms with van der Waals surface area (Å²) >= 11 is 0. The van der Waals surface area contributed by atoms with Gasteiger partial charge in [0.1, 0.15) is 5.75 Å². The fourth-order valence-electron chi connectivity index (χ4n) is 2.51. The molecule has 0 radical (unpaired) electrons. The molecular weight excluding hydrogens is 202 g/mol. The molecule has 0 spiro atoms. The molecule has 3 nitrogen and oxygen atoms in total. The van der Waals surface area contributed by atoms with Crippen LogP contribution in [0.4, 0.5) is 0 Å². The van der Waals surface area contributed by atoms with E-state index in [0.717, 1.165) is 37.1 Å². The first-order valence-electron chi connectivity index (χ1n) is 5.74. The van der Waals surface area contributed by atoms with Gasteiger partial charge in [-0.25, -0.2) is 0 Å². The van der Waals surface area contributed by atoms with Crippen LogP contribution in [0, 0.1) is 0 Å². The van der Waals surface area contributed by atoms with E-state index < -0.39 is 5.60 Å². The highest BCUT2D eigenvalue weighted by Crippen LogP contribution is 2.42. The molecule has 0 saturated carbocycles. The lowest BCUT2D eigenvalue weighted by Crippen LogP contribution is -2.27. The Balaban J connectivity index is 2.32. The van der Waals surface area contributed by atoms with E-state index in [1.54, 1.807) is 7.11 Å². The summed E-state index contributed by atoms with van der Waals surface area (Å²) in [5, 5.41) is 13.7.